The van der Waals surface area contributed by atoms with Crippen molar-refractivity contribution in [1.82, 2.24) is 0 Å². The molecule has 0 spiro atoms. The molecule has 1 aliphatic heterocycles. The first-order valence-electron chi connectivity index (χ1n) is 13.0. The molecule has 1 heterocycles. The van der Waals surface area contributed by atoms with E-state index in [-0.39, 0.29) is 18.8 Å². The summed E-state index contributed by atoms with van der Waals surface area (Å²) < 4.78 is 83.6. The number of ether oxygens (including phenoxy) is 5. The van der Waals surface area contributed by atoms with Gasteiger partial charge in [0.1, 0.15) is 12.2 Å². The molecular weight excluding hydrogens is 550 g/mol. The summed E-state index contributed by atoms with van der Waals surface area (Å²) in [4.78, 5) is 49.8. The van der Waals surface area contributed by atoms with Gasteiger partial charge in [-0.3, -0.25) is 23.7 Å². The highest BCUT2D eigenvalue weighted by Crippen LogP contribution is 2.59. The van der Waals surface area contributed by atoms with Crippen LogP contribution in [-0.4, -0.2) is 73.3 Å². The van der Waals surface area contributed by atoms with E-state index in [4.69, 9.17) is 23.5 Å². The van der Waals surface area contributed by atoms with E-state index in [2.05, 4.69) is 4.74 Å². The number of carbonyl (C=O) groups is 4. The standard InChI is InChI=1S/C24H30F2O12S/c1-10(24(25,26)39(31,32)33)36-16(27)4-5-17(28)37-20-13-8-14-19(23(30)38-21(14)20)18(13)22(29)35-9-34-15-7-11-2-3-12(15)6-11/h10-15,18-21H,2-9H2,1H3,(H,31,32,33). The lowest BCUT2D eigenvalue weighted by molar-refractivity contribution is -0.177. The van der Waals surface area contributed by atoms with Gasteiger partial charge in [0.15, 0.2) is 12.9 Å². The zero-order chi connectivity index (χ0) is 28.3. The van der Waals surface area contributed by atoms with Crippen molar-refractivity contribution in [3.63, 3.8) is 0 Å². The Kier molecular flexibility index (Phi) is 7.38. The largest absolute Gasteiger partial charge is 0.458 e. The second-order valence-corrected chi connectivity index (χ2v) is 12.6. The number of carbonyl (C=O) groups excluding carboxylic acids is 4. The predicted molar refractivity (Wildman–Crippen MR) is 121 cm³/mol. The second kappa shape index (κ2) is 10.2. The maximum Gasteiger partial charge on any atom is 0.405 e. The highest BCUT2D eigenvalue weighted by Gasteiger charge is 2.70. The molecule has 39 heavy (non-hydrogen) atoms. The van der Waals surface area contributed by atoms with Crippen LogP contribution in [0.15, 0.2) is 0 Å². The molecular formula is C24H30F2O12S. The Bertz CT molecular complexity index is 1140. The van der Waals surface area contributed by atoms with Gasteiger partial charge in [0.05, 0.1) is 30.8 Å². The first-order valence-corrected chi connectivity index (χ1v) is 14.4. The molecule has 5 aliphatic rings. The zero-order valence-corrected chi connectivity index (χ0v) is 21.8. The summed E-state index contributed by atoms with van der Waals surface area (Å²) in [6.45, 7) is 0.347. The van der Waals surface area contributed by atoms with Crippen LogP contribution >= 0.6 is 0 Å². The van der Waals surface area contributed by atoms with Crippen LogP contribution in [0.2, 0.25) is 0 Å². The van der Waals surface area contributed by atoms with Gasteiger partial charge in [-0.15, -0.1) is 0 Å². The van der Waals surface area contributed by atoms with Crippen LogP contribution in [0.5, 0.6) is 0 Å². The van der Waals surface area contributed by atoms with Crippen molar-refractivity contribution in [1.29, 1.82) is 0 Å². The van der Waals surface area contributed by atoms with Crippen molar-refractivity contribution in [3.05, 3.63) is 0 Å². The molecule has 0 radical (unpaired) electrons. The van der Waals surface area contributed by atoms with Crippen LogP contribution in [0.4, 0.5) is 8.78 Å². The van der Waals surface area contributed by atoms with E-state index in [0.717, 1.165) is 19.3 Å². The van der Waals surface area contributed by atoms with Crippen LogP contribution in [0.3, 0.4) is 0 Å². The van der Waals surface area contributed by atoms with Crippen molar-refractivity contribution >= 4 is 34.0 Å². The van der Waals surface area contributed by atoms with E-state index < -0.39 is 88.2 Å². The summed E-state index contributed by atoms with van der Waals surface area (Å²) in [6.07, 6.45) is -0.692. The smallest absolute Gasteiger partial charge is 0.405 e. The second-order valence-electron chi connectivity index (χ2n) is 11.1. The molecule has 12 nitrogen and oxygen atoms in total. The molecule has 0 aromatic rings. The van der Waals surface area contributed by atoms with Crippen molar-refractivity contribution in [2.75, 3.05) is 6.79 Å². The maximum atomic E-state index is 13.6. The molecule has 4 bridgehead atoms. The van der Waals surface area contributed by atoms with E-state index in [0.29, 0.717) is 25.2 Å². The Morgan fingerprint density at radius 1 is 1.10 bits per heavy atom. The quantitative estimate of drug-likeness (QED) is 0.162. The van der Waals surface area contributed by atoms with Crippen LogP contribution in [0.25, 0.3) is 0 Å². The van der Waals surface area contributed by atoms with Crippen LogP contribution in [0.1, 0.15) is 51.9 Å². The Balaban J connectivity index is 1.12. The van der Waals surface area contributed by atoms with E-state index in [1.54, 1.807) is 0 Å². The molecule has 0 aromatic carbocycles. The fourth-order valence-electron chi connectivity index (χ4n) is 7.08. The van der Waals surface area contributed by atoms with Crippen LogP contribution in [0, 0.1) is 35.5 Å². The summed E-state index contributed by atoms with van der Waals surface area (Å²) in [5.41, 5.74) is 0. The highest BCUT2D eigenvalue weighted by atomic mass is 32.2. The first-order chi connectivity index (χ1) is 18.3. The molecule has 15 heteroatoms. The van der Waals surface area contributed by atoms with Crippen molar-refractivity contribution in [2.24, 2.45) is 35.5 Å². The average molecular weight is 581 g/mol. The molecule has 4 saturated carbocycles. The number of alkyl halides is 2. The lowest BCUT2D eigenvalue weighted by Crippen LogP contribution is -2.44. The Labute approximate surface area is 222 Å². The van der Waals surface area contributed by atoms with Crippen molar-refractivity contribution < 1.29 is 64.6 Å². The van der Waals surface area contributed by atoms with E-state index in [9.17, 15) is 36.4 Å². The molecule has 5 rings (SSSR count). The molecule has 218 valence electrons. The molecule has 1 N–H and O–H groups in total. The minimum absolute atomic E-state index is 0.0556. The number of rotatable bonds is 11. The monoisotopic (exact) mass is 580 g/mol. The summed E-state index contributed by atoms with van der Waals surface area (Å²) in [5, 5.41) is -4.74. The third-order valence-corrected chi connectivity index (χ3v) is 9.92. The van der Waals surface area contributed by atoms with Gasteiger partial charge < -0.3 is 23.7 Å². The third kappa shape index (κ3) is 5.12. The fourth-order valence-corrected chi connectivity index (χ4v) is 7.55. The summed E-state index contributed by atoms with van der Waals surface area (Å²) in [7, 11) is -5.82. The Morgan fingerprint density at radius 2 is 1.82 bits per heavy atom. The van der Waals surface area contributed by atoms with E-state index in [1.807, 2.05) is 0 Å². The third-order valence-electron chi connectivity index (χ3n) is 8.90. The molecule has 10 unspecified atom stereocenters. The average Bonchev–Trinajstić information content (AvgIpc) is 3.65. The molecule has 4 aliphatic carbocycles. The van der Waals surface area contributed by atoms with E-state index in [1.165, 1.54) is 6.42 Å². The molecule has 5 fully saturated rings. The lowest BCUT2D eigenvalue weighted by Gasteiger charge is -2.30. The van der Waals surface area contributed by atoms with Gasteiger partial charge in [0.25, 0.3) is 0 Å². The van der Waals surface area contributed by atoms with Crippen LogP contribution in [-0.2, 0) is 53.0 Å². The molecule has 0 amide bonds. The van der Waals surface area contributed by atoms with Gasteiger partial charge in [0.2, 0.25) is 0 Å². The van der Waals surface area contributed by atoms with Gasteiger partial charge in [-0.1, -0.05) is 0 Å². The number of halogens is 2. The summed E-state index contributed by atoms with van der Waals surface area (Å²) in [6, 6.07) is 0. The lowest BCUT2D eigenvalue weighted by atomic mass is 9.78. The van der Waals surface area contributed by atoms with Gasteiger partial charge >= 0.3 is 39.2 Å². The van der Waals surface area contributed by atoms with E-state index >= 15 is 0 Å². The summed E-state index contributed by atoms with van der Waals surface area (Å²) in [5.74, 6) is -4.78. The van der Waals surface area contributed by atoms with Crippen molar-refractivity contribution in [3.8, 4) is 0 Å². The number of hydrogen-bond acceptors (Lipinski definition) is 11. The fraction of sp³-hybridized carbons (Fsp3) is 0.833. The normalized spacial score (nSPS) is 37.0. The van der Waals surface area contributed by atoms with Gasteiger partial charge in [0, 0.05) is 11.8 Å². The SMILES string of the molecule is CC(OC(=O)CCC(=O)OC1C2CC3C1OC(=O)C3C2C(=O)OCOC1CC2CCC1C2)C(F)(F)S(=O)(=O)O. The van der Waals surface area contributed by atoms with Crippen LogP contribution < -0.4 is 0 Å². The summed E-state index contributed by atoms with van der Waals surface area (Å²) >= 11 is 0. The number of fused-ring (bicyclic) bond motifs is 3. The molecule has 0 aromatic heterocycles. The molecule has 10 atom stereocenters. The maximum absolute atomic E-state index is 13.6. The predicted octanol–water partition coefficient (Wildman–Crippen LogP) is 1.60. The number of hydrogen-bond donors (Lipinski definition) is 1. The van der Waals surface area contributed by atoms with Gasteiger partial charge in [-0.25, -0.2) is 0 Å². The topological polar surface area (TPSA) is 169 Å². The first kappa shape index (κ1) is 28.1. The highest BCUT2D eigenvalue weighted by molar-refractivity contribution is 7.86. The van der Waals surface area contributed by atoms with Gasteiger partial charge in [-0.2, -0.15) is 17.2 Å². The Hall–Kier alpha value is -2.39. The zero-order valence-electron chi connectivity index (χ0n) is 21.0. The number of esters is 4. The molecule has 1 saturated heterocycles. The minimum atomic E-state index is -5.82. The van der Waals surface area contributed by atoms with Crippen molar-refractivity contribution in [2.45, 2.75) is 81.5 Å². The Morgan fingerprint density at radius 3 is 2.46 bits per heavy atom. The van der Waals surface area contributed by atoms with Gasteiger partial charge in [-0.05, 0) is 50.9 Å². The minimum Gasteiger partial charge on any atom is -0.458 e.